The second kappa shape index (κ2) is 6.48. The van der Waals surface area contributed by atoms with E-state index in [-0.39, 0.29) is 5.75 Å². The van der Waals surface area contributed by atoms with Crippen LogP contribution in [0.2, 0.25) is 0 Å². The molecule has 5 nitrogen and oxygen atoms in total. The zero-order valence-electron chi connectivity index (χ0n) is 15.1. The van der Waals surface area contributed by atoms with E-state index in [0.29, 0.717) is 12.2 Å². The van der Waals surface area contributed by atoms with Crippen LogP contribution in [0.4, 0.5) is 0 Å². The lowest BCUT2D eigenvalue weighted by molar-refractivity contribution is 0.469. The number of fused-ring (bicyclic) bond motifs is 2. The highest BCUT2D eigenvalue weighted by Crippen LogP contribution is 2.38. The molecule has 5 aromatic rings. The van der Waals surface area contributed by atoms with E-state index in [1.807, 2.05) is 60.7 Å². The molecule has 1 heterocycles. The van der Waals surface area contributed by atoms with Gasteiger partial charge in [0.25, 0.3) is 0 Å². The molecule has 5 rings (SSSR count). The summed E-state index contributed by atoms with van der Waals surface area (Å²) in [5.74, 6) is 0.133. The molecule has 3 N–H and O–H groups in total. The number of aromatic hydroxyl groups is 1. The van der Waals surface area contributed by atoms with E-state index in [1.54, 1.807) is 0 Å². The average Bonchev–Trinajstić information content (AvgIpc) is 3.17. The minimum atomic E-state index is 0.133. The molecule has 0 unspecified atom stereocenters. The summed E-state index contributed by atoms with van der Waals surface area (Å²) in [5.41, 5.74) is 10.6. The number of aromatic nitrogens is 3. The van der Waals surface area contributed by atoms with Gasteiger partial charge in [-0.2, -0.15) is 0 Å². The lowest BCUT2D eigenvalue weighted by atomic mass is 9.95. The van der Waals surface area contributed by atoms with Crippen molar-refractivity contribution in [3.8, 4) is 22.6 Å². The Balaban J connectivity index is 1.78. The molecule has 0 bridgehead atoms. The number of phenols is 1. The van der Waals surface area contributed by atoms with Gasteiger partial charge in [0.05, 0.1) is 0 Å². The quantitative estimate of drug-likeness (QED) is 0.496. The number of nitrogens with two attached hydrogens (primary N) is 1. The number of rotatable bonds is 3. The standard InChI is InChI=1S/C23H18N4O/c24-14-15-12-19(18-9-5-7-16-6-1-2-8-17(16)18)23(28)22(13-15)27-25-20-10-3-4-11-21(20)26-27/h1-13,28H,14,24H2. The fraction of sp³-hybridized carbons (Fsp3) is 0.0435. The van der Waals surface area contributed by atoms with Crippen molar-refractivity contribution < 1.29 is 5.11 Å². The average molecular weight is 366 g/mol. The summed E-state index contributed by atoms with van der Waals surface area (Å²) in [5, 5.41) is 22.4. The summed E-state index contributed by atoms with van der Waals surface area (Å²) in [6.45, 7) is 0.353. The van der Waals surface area contributed by atoms with Crippen LogP contribution in [0.5, 0.6) is 5.75 Å². The molecule has 0 aliphatic carbocycles. The number of hydrogen-bond donors (Lipinski definition) is 2. The molecular formula is C23H18N4O. The minimum Gasteiger partial charge on any atom is -0.505 e. The van der Waals surface area contributed by atoms with Gasteiger partial charge in [-0.15, -0.1) is 15.0 Å². The molecule has 0 fully saturated rings. The molecule has 5 heteroatoms. The first kappa shape index (κ1) is 16.5. The largest absolute Gasteiger partial charge is 0.505 e. The third-order valence-electron chi connectivity index (χ3n) is 4.97. The van der Waals surface area contributed by atoms with Crippen LogP contribution in [-0.2, 0) is 6.54 Å². The monoisotopic (exact) mass is 366 g/mol. The molecule has 0 aliphatic heterocycles. The number of phenolic OH excluding ortho intramolecular Hbond substituents is 1. The highest BCUT2D eigenvalue weighted by atomic mass is 16.3. The van der Waals surface area contributed by atoms with Crippen molar-refractivity contribution in [3.05, 3.63) is 84.4 Å². The van der Waals surface area contributed by atoms with Gasteiger partial charge in [-0.05, 0) is 46.2 Å². The Labute approximate surface area is 161 Å². The first-order valence-corrected chi connectivity index (χ1v) is 9.11. The van der Waals surface area contributed by atoms with Crippen LogP contribution in [0.1, 0.15) is 5.56 Å². The van der Waals surface area contributed by atoms with Crippen LogP contribution < -0.4 is 5.73 Å². The minimum absolute atomic E-state index is 0.133. The number of nitrogens with zero attached hydrogens (tertiary/aromatic N) is 3. The Hall–Kier alpha value is -3.70. The summed E-state index contributed by atoms with van der Waals surface area (Å²) in [7, 11) is 0. The maximum Gasteiger partial charge on any atom is 0.150 e. The van der Waals surface area contributed by atoms with Crippen LogP contribution in [-0.4, -0.2) is 20.1 Å². The molecule has 0 saturated heterocycles. The van der Waals surface area contributed by atoms with E-state index in [2.05, 4.69) is 28.4 Å². The molecule has 0 aliphatic rings. The topological polar surface area (TPSA) is 77.0 Å². The van der Waals surface area contributed by atoms with Gasteiger partial charge in [-0.1, -0.05) is 54.6 Å². The Morgan fingerprint density at radius 1 is 0.786 bits per heavy atom. The molecule has 28 heavy (non-hydrogen) atoms. The van der Waals surface area contributed by atoms with Gasteiger partial charge in [-0.3, -0.25) is 0 Å². The molecule has 136 valence electrons. The number of hydrogen-bond acceptors (Lipinski definition) is 4. The van der Waals surface area contributed by atoms with E-state index in [9.17, 15) is 5.11 Å². The molecule has 0 atom stereocenters. The maximum atomic E-state index is 11.2. The fourth-order valence-electron chi connectivity index (χ4n) is 3.58. The van der Waals surface area contributed by atoms with Crippen LogP contribution in [0.25, 0.3) is 38.6 Å². The molecule has 1 aromatic heterocycles. The van der Waals surface area contributed by atoms with Gasteiger partial charge in [0.1, 0.15) is 16.7 Å². The van der Waals surface area contributed by atoms with Gasteiger partial charge in [-0.25, -0.2) is 0 Å². The first-order chi connectivity index (χ1) is 13.7. The van der Waals surface area contributed by atoms with E-state index in [1.165, 1.54) is 4.80 Å². The predicted octanol–water partition coefficient (Wildman–Crippen LogP) is 4.41. The fourth-order valence-corrected chi connectivity index (χ4v) is 3.58. The smallest absolute Gasteiger partial charge is 0.150 e. The lowest BCUT2D eigenvalue weighted by Gasteiger charge is -2.14. The van der Waals surface area contributed by atoms with E-state index in [0.717, 1.165) is 38.5 Å². The van der Waals surface area contributed by atoms with Crippen LogP contribution >= 0.6 is 0 Å². The predicted molar refractivity (Wildman–Crippen MR) is 111 cm³/mol. The Kier molecular flexibility index (Phi) is 3.81. The highest BCUT2D eigenvalue weighted by molar-refractivity contribution is 5.98. The van der Waals surface area contributed by atoms with E-state index in [4.69, 9.17) is 5.73 Å². The molecule has 0 saturated carbocycles. The summed E-state index contributed by atoms with van der Waals surface area (Å²) in [6, 6.07) is 25.6. The van der Waals surface area contributed by atoms with Crippen molar-refractivity contribution in [2.45, 2.75) is 6.54 Å². The van der Waals surface area contributed by atoms with Crippen molar-refractivity contribution in [2.24, 2.45) is 5.73 Å². The van der Waals surface area contributed by atoms with Gasteiger partial charge in [0.2, 0.25) is 0 Å². The van der Waals surface area contributed by atoms with Gasteiger partial charge in [0.15, 0.2) is 5.75 Å². The first-order valence-electron chi connectivity index (χ1n) is 9.11. The lowest BCUT2D eigenvalue weighted by Crippen LogP contribution is -2.04. The second-order valence-corrected chi connectivity index (χ2v) is 6.72. The van der Waals surface area contributed by atoms with Crippen molar-refractivity contribution in [3.63, 3.8) is 0 Å². The van der Waals surface area contributed by atoms with Gasteiger partial charge >= 0.3 is 0 Å². The molecule has 4 aromatic carbocycles. The van der Waals surface area contributed by atoms with Crippen LogP contribution in [0.3, 0.4) is 0 Å². The Morgan fingerprint density at radius 3 is 2.21 bits per heavy atom. The SMILES string of the molecule is NCc1cc(-c2cccc3ccccc23)c(O)c(-n2nc3ccccc3n2)c1. The van der Waals surface area contributed by atoms with Gasteiger partial charge < -0.3 is 10.8 Å². The van der Waals surface area contributed by atoms with Crippen molar-refractivity contribution in [1.82, 2.24) is 15.0 Å². The number of benzene rings is 4. The third-order valence-corrected chi connectivity index (χ3v) is 4.97. The zero-order chi connectivity index (χ0) is 19.1. The molecule has 0 radical (unpaired) electrons. The van der Waals surface area contributed by atoms with Crippen LogP contribution in [0.15, 0.2) is 78.9 Å². The third kappa shape index (κ3) is 2.61. The summed E-state index contributed by atoms with van der Waals surface area (Å²) >= 11 is 0. The summed E-state index contributed by atoms with van der Waals surface area (Å²) in [4.78, 5) is 1.48. The van der Waals surface area contributed by atoms with Crippen molar-refractivity contribution >= 4 is 21.8 Å². The summed E-state index contributed by atoms with van der Waals surface area (Å²) < 4.78 is 0. The van der Waals surface area contributed by atoms with Gasteiger partial charge in [0, 0.05) is 12.1 Å². The second-order valence-electron chi connectivity index (χ2n) is 6.72. The highest BCUT2D eigenvalue weighted by Gasteiger charge is 2.17. The molecule has 0 spiro atoms. The molecular weight excluding hydrogens is 348 g/mol. The maximum absolute atomic E-state index is 11.2. The van der Waals surface area contributed by atoms with E-state index < -0.39 is 0 Å². The summed E-state index contributed by atoms with van der Waals surface area (Å²) in [6.07, 6.45) is 0. The molecule has 0 amide bonds. The Bertz CT molecular complexity index is 1280. The van der Waals surface area contributed by atoms with Crippen molar-refractivity contribution in [1.29, 1.82) is 0 Å². The van der Waals surface area contributed by atoms with Crippen molar-refractivity contribution in [2.75, 3.05) is 0 Å². The Morgan fingerprint density at radius 2 is 1.46 bits per heavy atom. The van der Waals surface area contributed by atoms with Crippen LogP contribution in [0, 0.1) is 0 Å². The normalized spacial score (nSPS) is 11.3. The van der Waals surface area contributed by atoms with E-state index >= 15 is 0 Å². The zero-order valence-corrected chi connectivity index (χ0v) is 15.1.